The van der Waals surface area contributed by atoms with Gasteiger partial charge >= 0.3 is 0 Å². The van der Waals surface area contributed by atoms with Gasteiger partial charge in [-0.25, -0.2) is 8.42 Å². The van der Waals surface area contributed by atoms with Gasteiger partial charge in [0.05, 0.1) is 10.5 Å². The molecule has 1 aliphatic rings. The molecule has 0 aliphatic heterocycles. The summed E-state index contributed by atoms with van der Waals surface area (Å²) in [5.74, 6) is 0.336. The zero-order valence-electron chi connectivity index (χ0n) is 15.7. The second-order valence-corrected chi connectivity index (χ2v) is 11.1. The van der Waals surface area contributed by atoms with Crippen LogP contribution in [0.15, 0.2) is 18.2 Å². The van der Waals surface area contributed by atoms with Crippen molar-refractivity contribution in [1.82, 2.24) is 0 Å². The summed E-state index contributed by atoms with van der Waals surface area (Å²) in [5.41, 5.74) is 4.76. The van der Waals surface area contributed by atoms with E-state index in [-0.39, 0.29) is 0 Å². The Morgan fingerprint density at radius 3 is 2.33 bits per heavy atom. The Hall–Kier alpha value is -0.830. The van der Waals surface area contributed by atoms with Gasteiger partial charge in [-0.1, -0.05) is 37.5 Å². The molecule has 2 nitrogen and oxygen atoms in total. The van der Waals surface area contributed by atoms with Crippen LogP contribution in [-0.4, -0.2) is 18.9 Å². The molecule has 0 fully saturated rings. The fraction of sp³-hybridized carbons (Fsp3) is 0.714. The third-order valence-electron chi connectivity index (χ3n) is 5.29. The Bertz CT molecular complexity index is 624. The first-order valence-electron chi connectivity index (χ1n) is 9.63. The highest BCUT2D eigenvalue weighted by atomic mass is 32.2. The second kappa shape index (κ2) is 8.51. The lowest BCUT2D eigenvalue weighted by Gasteiger charge is -2.19. The van der Waals surface area contributed by atoms with Crippen molar-refractivity contribution in [3.8, 4) is 0 Å². The average molecular weight is 351 g/mol. The second-order valence-electron chi connectivity index (χ2n) is 8.21. The van der Waals surface area contributed by atoms with E-state index in [0.717, 1.165) is 19.3 Å². The van der Waals surface area contributed by atoms with Gasteiger partial charge in [0.15, 0.2) is 9.84 Å². The summed E-state index contributed by atoms with van der Waals surface area (Å²) in [6.45, 7) is 5.38. The lowest BCUT2D eigenvalue weighted by Crippen LogP contribution is -2.30. The highest BCUT2D eigenvalue weighted by Crippen LogP contribution is 2.26. The third kappa shape index (κ3) is 5.34. The van der Waals surface area contributed by atoms with Gasteiger partial charge in [0.2, 0.25) is 0 Å². The van der Waals surface area contributed by atoms with Crippen molar-refractivity contribution in [2.24, 2.45) is 0 Å². The number of hydrogen-bond donors (Lipinski definition) is 0. The van der Waals surface area contributed by atoms with Crippen LogP contribution >= 0.6 is 0 Å². The zero-order chi connectivity index (χ0) is 17.6. The minimum absolute atomic E-state index is 0.336. The minimum Gasteiger partial charge on any atom is -0.228 e. The summed E-state index contributed by atoms with van der Waals surface area (Å²) in [6.07, 6.45) is 11.8. The highest BCUT2D eigenvalue weighted by molar-refractivity contribution is 7.92. The SMILES string of the molecule is CC(C)(C)S(=O)(=O)CCCCCCCc1cccc2c1CCCC2. The summed E-state index contributed by atoms with van der Waals surface area (Å²) in [7, 11) is -2.94. The maximum absolute atomic E-state index is 12.1. The van der Waals surface area contributed by atoms with E-state index in [2.05, 4.69) is 18.2 Å². The molecule has 136 valence electrons. The predicted octanol–water partition coefficient (Wildman–Crippen LogP) is 5.27. The van der Waals surface area contributed by atoms with E-state index in [4.69, 9.17) is 0 Å². The number of hydrogen-bond acceptors (Lipinski definition) is 2. The van der Waals surface area contributed by atoms with Crippen LogP contribution in [0, 0.1) is 0 Å². The quantitative estimate of drug-likeness (QED) is 0.598. The summed E-state index contributed by atoms with van der Waals surface area (Å²) in [5, 5.41) is 0. The van der Waals surface area contributed by atoms with Crippen LogP contribution in [0.1, 0.15) is 82.4 Å². The van der Waals surface area contributed by atoms with Crippen molar-refractivity contribution in [3.05, 3.63) is 34.9 Å². The maximum atomic E-state index is 12.1. The first kappa shape index (κ1) is 19.5. The molecule has 0 spiro atoms. The maximum Gasteiger partial charge on any atom is 0.155 e. The number of benzene rings is 1. The molecule has 0 aromatic heterocycles. The van der Waals surface area contributed by atoms with Gasteiger partial charge < -0.3 is 0 Å². The van der Waals surface area contributed by atoms with Crippen LogP contribution in [0.25, 0.3) is 0 Å². The van der Waals surface area contributed by atoms with Crippen molar-refractivity contribution in [2.45, 2.75) is 89.7 Å². The van der Waals surface area contributed by atoms with E-state index in [0.29, 0.717) is 5.75 Å². The van der Waals surface area contributed by atoms with Crippen molar-refractivity contribution < 1.29 is 8.42 Å². The molecule has 1 aromatic rings. The lowest BCUT2D eigenvalue weighted by atomic mass is 9.86. The van der Waals surface area contributed by atoms with Crippen LogP contribution < -0.4 is 0 Å². The van der Waals surface area contributed by atoms with Crippen LogP contribution in [0.2, 0.25) is 0 Å². The Balaban J connectivity index is 1.66. The van der Waals surface area contributed by atoms with Crippen LogP contribution in [-0.2, 0) is 29.1 Å². The summed E-state index contributed by atoms with van der Waals surface area (Å²) in [6, 6.07) is 6.82. The molecule has 0 bridgehead atoms. The molecule has 0 heterocycles. The van der Waals surface area contributed by atoms with Gasteiger partial charge in [0.25, 0.3) is 0 Å². The molecule has 1 aromatic carbocycles. The van der Waals surface area contributed by atoms with Crippen LogP contribution in [0.5, 0.6) is 0 Å². The molecule has 0 atom stereocenters. The van der Waals surface area contributed by atoms with Crippen LogP contribution in [0.4, 0.5) is 0 Å². The molecular weight excluding hydrogens is 316 g/mol. The standard InChI is InChI=1S/C21H34O2S/c1-21(2,3)24(22,23)17-10-6-4-5-7-12-18-14-11-15-19-13-8-9-16-20(18)19/h11,14-15H,4-10,12-13,16-17H2,1-3H3. The van der Waals surface area contributed by atoms with E-state index in [1.165, 1.54) is 44.9 Å². The molecule has 0 unspecified atom stereocenters. The third-order valence-corrected chi connectivity index (χ3v) is 7.98. The van der Waals surface area contributed by atoms with Gasteiger partial charge in [-0.2, -0.15) is 0 Å². The van der Waals surface area contributed by atoms with E-state index >= 15 is 0 Å². The Morgan fingerprint density at radius 1 is 0.917 bits per heavy atom. The smallest absolute Gasteiger partial charge is 0.155 e. The largest absolute Gasteiger partial charge is 0.228 e. The Morgan fingerprint density at radius 2 is 1.58 bits per heavy atom. The fourth-order valence-corrected chi connectivity index (χ4v) is 4.74. The summed E-state index contributed by atoms with van der Waals surface area (Å²) < 4.78 is 23.5. The molecule has 0 saturated carbocycles. The number of aryl methyl sites for hydroxylation is 2. The summed E-state index contributed by atoms with van der Waals surface area (Å²) in [4.78, 5) is 0. The Kier molecular flexibility index (Phi) is 6.91. The topological polar surface area (TPSA) is 34.1 Å². The monoisotopic (exact) mass is 350 g/mol. The molecular formula is C21H34O2S. The van der Waals surface area contributed by atoms with E-state index < -0.39 is 14.6 Å². The van der Waals surface area contributed by atoms with Crippen molar-refractivity contribution >= 4 is 9.84 Å². The zero-order valence-corrected chi connectivity index (χ0v) is 16.6. The molecule has 1 aliphatic carbocycles. The van der Waals surface area contributed by atoms with Gasteiger partial charge in [-0.3, -0.25) is 0 Å². The number of sulfone groups is 1. The average Bonchev–Trinajstić information content (AvgIpc) is 2.53. The van der Waals surface area contributed by atoms with Crippen molar-refractivity contribution in [3.63, 3.8) is 0 Å². The van der Waals surface area contributed by atoms with Gasteiger partial charge in [-0.15, -0.1) is 0 Å². The summed E-state index contributed by atoms with van der Waals surface area (Å²) >= 11 is 0. The fourth-order valence-electron chi connectivity index (χ4n) is 3.54. The first-order chi connectivity index (χ1) is 11.3. The predicted molar refractivity (Wildman–Crippen MR) is 103 cm³/mol. The van der Waals surface area contributed by atoms with E-state index in [1.54, 1.807) is 37.5 Å². The normalized spacial score (nSPS) is 15.3. The lowest BCUT2D eigenvalue weighted by molar-refractivity contribution is 0.552. The number of unbranched alkanes of at least 4 members (excludes halogenated alkanes) is 4. The Labute approximate surface area is 149 Å². The van der Waals surface area contributed by atoms with Gasteiger partial charge in [0.1, 0.15) is 0 Å². The number of fused-ring (bicyclic) bond motifs is 1. The number of rotatable bonds is 8. The molecule has 2 rings (SSSR count). The van der Waals surface area contributed by atoms with Gasteiger partial charge in [-0.05, 0) is 82.4 Å². The van der Waals surface area contributed by atoms with Crippen LogP contribution in [0.3, 0.4) is 0 Å². The van der Waals surface area contributed by atoms with Crippen molar-refractivity contribution in [2.75, 3.05) is 5.75 Å². The first-order valence-corrected chi connectivity index (χ1v) is 11.3. The van der Waals surface area contributed by atoms with E-state index in [9.17, 15) is 8.42 Å². The molecule has 0 N–H and O–H groups in total. The van der Waals surface area contributed by atoms with Crippen molar-refractivity contribution in [1.29, 1.82) is 0 Å². The van der Waals surface area contributed by atoms with E-state index in [1.807, 2.05) is 0 Å². The van der Waals surface area contributed by atoms with Gasteiger partial charge in [0, 0.05) is 0 Å². The molecule has 0 radical (unpaired) electrons. The molecule has 0 saturated heterocycles. The highest BCUT2D eigenvalue weighted by Gasteiger charge is 2.27. The molecule has 3 heteroatoms. The molecule has 0 amide bonds. The minimum atomic E-state index is -2.94. The molecule has 24 heavy (non-hydrogen) atoms.